The molecule has 2 N–H and O–H groups in total. The molecule has 5 heteroatoms. The van der Waals surface area contributed by atoms with E-state index < -0.39 is 0 Å². The van der Waals surface area contributed by atoms with E-state index in [-0.39, 0.29) is 12.1 Å². The fourth-order valence-electron chi connectivity index (χ4n) is 7.12. The van der Waals surface area contributed by atoms with Gasteiger partial charge in [0.2, 0.25) is 0 Å². The molecule has 1 heterocycles. The minimum Gasteiger partial charge on any atom is -0.385 e. The fourth-order valence-corrected chi connectivity index (χ4v) is 7.12. The molecular formula is C28H53N3O2. The van der Waals surface area contributed by atoms with Gasteiger partial charge in [-0.15, -0.1) is 0 Å². The summed E-state index contributed by atoms with van der Waals surface area (Å²) in [5, 5.41) is 6.77. The first kappa shape index (κ1) is 26.8. The number of likely N-dealkylation sites (tertiary alicyclic amines) is 1. The summed E-state index contributed by atoms with van der Waals surface area (Å²) in [6.07, 6.45) is 21.2. The maximum atomic E-state index is 13.3. The van der Waals surface area contributed by atoms with Crippen LogP contribution in [0.5, 0.6) is 0 Å². The third-order valence-electron chi connectivity index (χ3n) is 8.86. The molecule has 0 radical (unpaired) electrons. The van der Waals surface area contributed by atoms with Crippen LogP contribution < -0.4 is 10.6 Å². The number of nitrogens with one attached hydrogen (secondary N) is 2. The number of likely N-dealkylation sites (N-methyl/N-ethyl adjacent to an activating group) is 1. The second kappa shape index (κ2) is 15.2. The highest BCUT2D eigenvalue weighted by atomic mass is 16.5. The highest BCUT2D eigenvalue weighted by molar-refractivity contribution is 5.74. The SMILES string of the molecule is CNC[C@H](CC1CCCCC1)NC(=O)N1CCC[C@@H]([C@H](CCCCOC)C2CCCCC2)C1. The number of hydrogen-bond donors (Lipinski definition) is 2. The summed E-state index contributed by atoms with van der Waals surface area (Å²) in [5.74, 6) is 3.12. The quantitative estimate of drug-likeness (QED) is 0.350. The van der Waals surface area contributed by atoms with Gasteiger partial charge in [-0.3, -0.25) is 0 Å². The van der Waals surface area contributed by atoms with Crippen molar-refractivity contribution < 1.29 is 9.53 Å². The summed E-state index contributed by atoms with van der Waals surface area (Å²) in [5.41, 5.74) is 0. The van der Waals surface area contributed by atoms with E-state index in [1.807, 2.05) is 14.2 Å². The summed E-state index contributed by atoms with van der Waals surface area (Å²) in [7, 11) is 3.82. The molecule has 5 nitrogen and oxygen atoms in total. The van der Waals surface area contributed by atoms with Gasteiger partial charge in [-0.25, -0.2) is 4.79 Å². The normalized spacial score (nSPS) is 25.0. The van der Waals surface area contributed by atoms with Gasteiger partial charge in [0.25, 0.3) is 0 Å². The highest BCUT2D eigenvalue weighted by Gasteiger charge is 2.34. The maximum Gasteiger partial charge on any atom is 0.317 e. The Morgan fingerprint density at radius 3 is 2.33 bits per heavy atom. The molecule has 3 atom stereocenters. The van der Waals surface area contributed by atoms with Crippen molar-refractivity contribution in [3.8, 4) is 0 Å². The molecule has 0 bridgehead atoms. The van der Waals surface area contributed by atoms with Crippen molar-refractivity contribution in [1.29, 1.82) is 0 Å². The minimum atomic E-state index is 0.192. The van der Waals surface area contributed by atoms with Crippen molar-refractivity contribution in [2.45, 2.75) is 109 Å². The van der Waals surface area contributed by atoms with Gasteiger partial charge in [-0.05, 0) is 62.8 Å². The molecule has 1 aliphatic heterocycles. The van der Waals surface area contributed by atoms with E-state index in [1.54, 1.807) is 0 Å². The van der Waals surface area contributed by atoms with Gasteiger partial charge in [0, 0.05) is 39.4 Å². The topological polar surface area (TPSA) is 53.6 Å². The monoisotopic (exact) mass is 463 g/mol. The smallest absolute Gasteiger partial charge is 0.317 e. The van der Waals surface area contributed by atoms with E-state index >= 15 is 0 Å². The zero-order chi connectivity index (χ0) is 23.3. The van der Waals surface area contributed by atoms with Crippen LogP contribution in [-0.4, -0.2) is 57.4 Å². The van der Waals surface area contributed by atoms with Crippen LogP contribution in [0.4, 0.5) is 4.79 Å². The predicted molar refractivity (Wildman–Crippen MR) is 138 cm³/mol. The molecule has 0 aromatic carbocycles. The van der Waals surface area contributed by atoms with Gasteiger partial charge in [0.15, 0.2) is 0 Å². The molecule has 0 unspecified atom stereocenters. The van der Waals surface area contributed by atoms with Crippen molar-refractivity contribution in [2.24, 2.45) is 23.7 Å². The molecule has 2 amide bonds. The molecule has 2 aliphatic carbocycles. The number of carbonyl (C=O) groups is 1. The van der Waals surface area contributed by atoms with E-state index in [4.69, 9.17) is 4.74 Å². The van der Waals surface area contributed by atoms with E-state index in [1.165, 1.54) is 96.3 Å². The molecule has 0 aromatic heterocycles. The van der Waals surface area contributed by atoms with Crippen LogP contribution >= 0.6 is 0 Å². The van der Waals surface area contributed by atoms with Crippen molar-refractivity contribution in [3.63, 3.8) is 0 Å². The molecular weight excluding hydrogens is 410 g/mol. The van der Waals surface area contributed by atoms with Crippen LogP contribution in [0.3, 0.4) is 0 Å². The number of nitrogens with zero attached hydrogens (tertiary/aromatic N) is 1. The number of amides is 2. The van der Waals surface area contributed by atoms with Crippen LogP contribution in [0.1, 0.15) is 103 Å². The summed E-state index contributed by atoms with van der Waals surface area (Å²) in [4.78, 5) is 15.5. The van der Waals surface area contributed by atoms with E-state index in [9.17, 15) is 4.79 Å². The van der Waals surface area contributed by atoms with Crippen LogP contribution in [0.25, 0.3) is 0 Å². The first-order valence-corrected chi connectivity index (χ1v) is 14.4. The van der Waals surface area contributed by atoms with Gasteiger partial charge >= 0.3 is 6.03 Å². The summed E-state index contributed by atoms with van der Waals surface area (Å²) in [6, 6.07) is 0.451. The van der Waals surface area contributed by atoms with Crippen molar-refractivity contribution in [3.05, 3.63) is 0 Å². The van der Waals surface area contributed by atoms with Gasteiger partial charge in [0.1, 0.15) is 0 Å². The van der Waals surface area contributed by atoms with Crippen molar-refractivity contribution in [2.75, 3.05) is 40.4 Å². The van der Waals surface area contributed by atoms with Gasteiger partial charge < -0.3 is 20.3 Å². The van der Waals surface area contributed by atoms with E-state index in [0.29, 0.717) is 5.92 Å². The molecule has 0 spiro atoms. The third kappa shape index (κ3) is 9.05. The Balaban J connectivity index is 1.55. The van der Waals surface area contributed by atoms with Gasteiger partial charge in [0.05, 0.1) is 0 Å². The lowest BCUT2D eigenvalue weighted by atomic mass is 9.70. The van der Waals surface area contributed by atoms with E-state index in [2.05, 4.69) is 15.5 Å². The molecule has 192 valence electrons. The Kier molecular flexibility index (Phi) is 12.4. The standard InChI is InChI=1S/C28H53N3O2/c1-29-21-26(20-23-12-5-3-6-13-23)30-28(32)31-18-11-16-25(22-31)27(17-9-10-19-33-2)24-14-7-4-8-15-24/h23-27,29H,3-22H2,1-2H3,(H,30,32)/t25-,26+,27-/m1/s1. The number of carbonyl (C=O) groups excluding carboxylic acids is 1. The molecule has 33 heavy (non-hydrogen) atoms. The highest BCUT2D eigenvalue weighted by Crippen LogP contribution is 2.40. The molecule has 1 saturated heterocycles. The lowest BCUT2D eigenvalue weighted by Gasteiger charge is -2.42. The summed E-state index contributed by atoms with van der Waals surface area (Å²) < 4.78 is 5.31. The number of methoxy groups -OCH3 is 1. The first-order chi connectivity index (χ1) is 16.2. The first-order valence-electron chi connectivity index (χ1n) is 14.4. The molecule has 3 fully saturated rings. The zero-order valence-electron chi connectivity index (χ0n) is 21.8. The number of rotatable bonds is 12. The predicted octanol–water partition coefficient (Wildman–Crippen LogP) is 5.98. The Hall–Kier alpha value is -0.810. The number of hydrogen-bond acceptors (Lipinski definition) is 3. The number of urea groups is 1. The van der Waals surface area contributed by atoms with Crippen LogP contribution in [0.2, 0.25) is 0 Å². The summed E-state index contributed by atoms with van der Waals surface area (Å²) >= 11 is 0. The van der Waals surface area contributed by atoms with Crippen LogP contribution in [-0.2, 0) is 4.74 Å². The van der Waals surface area contributed by atoms with E-state index in [0.717, 1.165) is 50.4 Å². The van der Waals surface area contributed by atoms with Crippen molar-refractivity contribution >= 4 is 6.03 Å². The molecule has 3 rings (SSSR count). The average Bonchev–Trinajstić information content (AvgIpc) is 2.85. The largest absolute Gasteiger partial charge is 0.385 e. The maximum absolute atomic E-state index is 13.3. The second-order valence-corrected chi connectivity index (χ2v) is 11.3. The zero-order valence-corrected chi connectivity index (χ0v) is 21.8. The Morgan fingerprint density at radius 2 is 1.64 bits per heavy atom. The lowest BCUT2D eigenvalue weighted by Crippen LogP contribution is -2.52. The Bertz CT molecular complexity index is 531. The Morgan fingerprint density at radius 1 is 0.939 bits per heavy atom. The van der Waals surface area contributed by atoms with Crippen LogP contribution in [0, 0.1) is 23.7 Å². The van der Waals surface area contributed by atoms with Gasteiger partial charge in [-0.2, -0.15) is 0 Å². The second-order valence-electron chi connectivity index (χ2n) is 11.3. The third-order valence-corrected chi connectivity index (χ3v) is 8.86. The lowest BCUT2D eigenvalue weighted by molar-refractivity contribution is 0.0908. The Labute approximate surface area is 204 Å². The minimum absolute atomic E-state index is 0.192. The molecule has 2 saturated carbocycles. The summed E-state index contributed by atoms with van der Waals surface area (Å²) in [6.45, 7) is 3.65. The number of ether oxygens (including phenoxy) is 1. The van der Waals surface area contributed by atoms with Crippen molar-refractivity contribution in [1.82, 2.24) is 15.5 Å². The number of unbranched alkanes of at least 4 members (excludes halogenated alkanes) is 1. The van der Waals surface area contributed by atoms with Crippen LogP contribution in [0.15, 0.2) is 0 Å². The fraction of sp³-hybridized carbons (Fsp3) is 0.964. The molecule has 0 aromatic rings. The van der Waals surface area contributed by atoms with Gasteiger partial charge in [-0.1, -0.05) is 70.6 Å². The molecule has 3 aliphatic rings. The number of piperidine rings is 1. The average molecular weight is 464 g/mol.